The van der Waals surface area contributed by atoms with Gasteiger partial charge in [0.2, 0.25) is 5.78 Å². The van der Waals surface area contributed by atoms with Gasteiger partial charge in [0.05, 0.1) is 12.1 Å². The van der Waals surface area contributed by atoms with E-state index in [-0.39, 0.29) is 6.42 Å². The molecule has 0 spiro atoms. The number of hydrogen-bond acceptors (Lipinski definition) is 2. The van der Waals surface area contributed by atoms with Gasteiger partial charge in [-0.05, 0) is 20.3 Å². The quantitative estimate of drug-likeness (QED) is 0.850. The van der Waals surface area contributed by atoms with Crippen molar-refractivity contribution in [2.24, 2.45) is 7.05 Å². The van der Waals surface area contributed by atoms with Crippen LogP contribution in [0.2, 0.25) is 0 Å². The predicted molar refractivity (Wildman–Crippen MR) is 59.6 cm³/mol. The van der Waals surface area contributed by atoms with Crippen LogP contribution in [-0.2, 0) is 18.3 Å². The second-order valence-corrected chi connectivity index (χ2v) is 4.04. The van der Waals surface area contributed by atoms with Gasteiger partial charge < -0.3 is 9.67 Å². The van der Waals surface area contributed by atoms with Gasteiger partial charge in [-0.15, -0.1) is 0 Å². The number of rotatable bonds is 3. The molecular weight excluding hydrogens is 206 g/mol. The van der Waals surface area contributed by atoms with E-state index in [4.69, 9.17) is 5.11 Å². The Morgan fingerprint density at radius 3 is 2.75 bits per heavy atom. The maximum atomic E-state index is 10.6. The molecule has 2 aromatic rings. The summed E-state index contributed by atoms with van der Waals surface area (Å²) in [6.45, 7) is 3.94. The van der Waals surface area contributed by atoms with Crippen molar-refractivity contribution >= 4 is 11.7 Å². The van der Waals surface area contributed by atoms with E-state index in [1.165, 1.54) is 0 Å². The molecule has 86 valence electrons. The summed E-state index contributed by atoms with van der Waals surface area (Å²) in [5.41, 5.74) is 3.07. The summed E-state index contributed by atoms with van der Waals surface area (Å²) in [6.07, 6.45) is 2.66. The summed E-state index contributed by atoms with van der Waals surface area (Å²) in [4.78, 5) is 15.0. The molecule has 0 amide bonds. The fourth-order valence-corrected chi connectivity index (χ4v) is 2.04. The molecule has 5 heteroatoms. The zero-order chi connectivity index (χ0) is 11.9. The molecule has 0 fully saturated rings. The first-order valence-electron chi connectivity index (χ1n) is 5.22. The predicted octanol–water partition coefficient (Wildman–Crippen LogP) is 1.31. The number of fused-ring (bicyclic) bond motifs is 1. The van der Waals surface area contributed by atoms with Crippen molar-refractivity contribution in [1.82, 2.24) is 14.0 Å². The molecule has 0 radical (unpaired) electrons. The third-order valence-corrected chi connectivity index (χ3v) is 2.87. The van der Waals surface area contributed by atoms with Gasteiger partial charge in [0.25, 0.3) is 0 Å². The monoisotopic (exact) mass is 221 g/mol. The molecule has 0 aliphatic rings. The average Bonchev–Trinajstić information content (AvgIpc) is 2.66. The second kappa shape index (κ2) is 3.66. The van der Waals surface area contributed by atoms with Crippen LogP contribution in [0.4, 0.5) is 0 Å². The van der Waals surface area contributed by atoms with E-state index in [0.29, 0.717) is 6.42 Å². The van der Waals surface area contributed by atoms with Gasteiger partial charge in [0.15, 0.2) is 0 Å². The van der Waals surface area contributed by atoms with E-state index in [1.807, 2.05) is 36.1 Å². The van der Waals surface area contributed by atoms with E-state index in [9.17, 15) is 4.79 Å². The van der Waals surface area contributed by atoms with E-state index in [0.717, 1.165) is 22.9 Å². The molecule has 0 aromatic carbocycles. The van der Waals surface area contributed by atoms with E-state index in [1.54, 1.807) is 0 Å². The van der Waals surface area contributed by atoms with Crippen LogP contribution in [0.3, 0.4) is 0 Å². The number of hydrogen-bond donors (Lipinski definition) is 1. The number of aryl methyl sites for hydroxylation is 3. The highest BCUT2D eigenvalue weighted by Crippen LogP contribution is 2.17. The lowest BCUT2D eigenvalue weighted by molar-refractivity contribution is -0.136. The molecule has 0 aliphatic carbocycles. The number of aliphatic carboxylic acids is 1. The van der Waals surface area contributed by atoms with Crippen molar-refractivity contribution < 1.29 is 9.90 Å². The summed E-state index contributed by atoms with van der Waals surface area (Å²) >= 11 is 0. The SMILES string of the molecule is Cc1cn2c(C)c(CCC(=O)O)n(C)c2n1. The molecule has 0 saturated heterocycles. The molecule has 2 rings (SSSR count). The number of carbonyl (C=O) groups is 1. The summed E-state index contributed by atoms with van der Waals surface area (Å²) in [7, 11) is 1.92. The molecule has 1 N–H and O–H groups in total. The Balaban J connectivity index is 2.45. The Bertz CT molecular complexity index is 514. The lowest BCUT2D eigenvalue weighted by Crippen LogP contribution is -2.03. The van der Waals surface area contributed by atoms with Crippen LogP contribution in [0, 0.1) is 13.8 Å². The molecule has 0 unspecified atom stereocenters. The number of imidazole rings is 2. The maximum absolute atomic E-state index is 10.6. The van der Waals surface area contributed by atoms with Crippen molar-refractivity contribution in [2.45, 2.75) is 26.7 Å². The fourth-order valence-electron chi connectivity index (χ4n) is 2.04. The molecule has 0 atom stereocenters. The molecule has 0 aliphatic heterocycles. The van der Waals surface area contributed by atoms with Crippen LogP contribution >= 0.6 is 0 Å². The summed E-state index contributed by atoms with van der Waals surface area (Å²) in [5.74, 6) is 0.102. The molecular formula is C11H15N3O2. The summed E-state index contributed by atoms with van der Waals surface area (Å²) in [5, 5.41) is 8.69. The molecule has 0 bridgehead atoms. The highest BCUT2D eigenvalue weighted by molar-refractivity contribution is 5.67. The van der Waals surface area contributed by atoms with Crippen molar-refractivity contribution in [3.05, 3.63) is 23.3 Å². The Hall–Kier alpha value is -1.78. The Morgan fingerprint density at radius 2 is 2.19 bits per heavy atom. The van der Waals surface area contributed by atoms with Crippen LogP contribution in [0.15, 0.2) is 6.20 Å². The standard InChI is InChI=1S/C11H15N3O2/c1-7-6-14-8(2)9(4-5-10(15)16)13(3)11(14)12-7/h6H,4-5H2,1-3H3,(H,15,16). The molecule has 2 aromatic heterocycles. The lowest BCUT2D eigenvalue weighted by atomic mass is 10.2. The molecule has 2 heterocycles. The number of aromatic nitrogens is 3. The van der Waals surface area contributed by atoms with Crippen LogP contribution in [0.25, 0.3) is 5.78 Å². The number of carboxylic acid groups (broad SMARTS) is 1. The third-order valence-electron chi connectivity index (χ3n) is 2.87. The van der Waals surface area contributed by atoms with Crippen molar-refractivity contribution in [1.29, 1.82) is 0 Å². The van der Waals surface area contributed by atoms with Crippen LogP contribution in [0.5, 0.6) is 0 Å². The highest BCUT2D eigenvalue weighted by atomic mass is 16.4. The molecule has 0 saturated carbocycles. The van der Waals surface area contributed by atoms with Crippen molar-refractivity contribution in [2.75, 3.05) is 0 Å². The van der Waals surface area contributed by atoms with Crippen LogP contribution in [-0.4, -0.2) is 25.0 Å². The smallest absolute Gasteiger partial charge is 0.303 e. The van der Waals surface area contributed by atoms with E-state index >= 15 is 0 Å². The first-order valence-corrected chi connectivity index (χ1v) is 5.22. The number of nitrogens with zero attached hydrogens (tertiary/aromatic N) is 3. The minimum atomic E-state index is -0.769. The van der Waals surface area contributed by atoms with E-state index < -0.39 is 5.97 Å². The highest BCUT2D eigenvalue weighted by Gasteiger charge is 2.14. The van der Waals surface area contributed by atoms with Gasteiger partial charge in [-0.25, -0.2) is 4.98 Å². The minimum absolute atomic E-state index is 0.154. The fraction of sp³-hybridized carbons (Fsp3) is 0.455. The van der Waals surface area contributed by atoms with Crippen LogP contribution < -0.4 is 0 Å². The zero-order valence-corrected chi connectivity index (χ0v) is 9.69. The first-order chi connectivity index (χ1) is 7.50. The maximum Gasteiger partial charge on any atom is 0.303 e. The summed E-state index contributed by atoms with van der Waals surface area (Å²) < 4.78 is 3.97. The average molecular weight is 221 g/mol. The first kappa shape index (κ1) is 10.7. The zero-order valence-electron chi connectivity index (χ0n) is 9.69. The van der Waals surface area contributed by atoms with Gasteiger partial charge in [0, 0.05) is 24.6 Å². The second-order valence-electron chi connectivity index (χ2n) is 4.04. The molecule has 16 heavy (non-hydrogen) atoms. The van der Waals surface area contributed by atoms with Gasteiger partial charge in [0.1, 0.15) is 0 Å². The number of carboxylic acids is 1. The Kier molecular flexibility index (Phi) is 2.46. The Labute approximate surface area is 93.3 Å². The third kappa shape index (κ3) is 1.58. The topological polar surface area (TPSA) is 59.5 Å². The van der Waals surface area contributed by atoms with E-state index in [2.05, 4.69) is 4.98 Å². The van der Waals surface area contributed by atoms with Crippen molar-refractivity contribution in [3.8, 4) is 0 Å². The summed E-state index contributed by atoms with van der Waals surface area (Å²) in [6, 6.07) is 0. The van der Waals surface area contributed by atoms with Crippen molar-refractivity contribution in [3.63, 3.8) is 0 Å². The van der Waals surface area contributed by atoms with Gasteiger partial charge in [-0.3, -0.25) is 9.20 Å². The van der Waals surface area contributed by atoms with Gasteiger partial charge in [-0.1, -0.05) is 0 Å². The van der Waals surface area contributed by atoms with Gasteiger partial charge in [-0.2, -0.15) is 0 Å². The van der Waals surface area contributed by atoms with Gasteiger partial charge >= 0.3 is 5.97 Å². The largest absolute Gasteiger partial charge is 0.481 e. The normalized spacial score (nSPS) is 11.2. The van der Waals surface area contributed by atoms with Crippen LogP contribution in [0.1, 0.15) is 23.5 Å². The lowest BCUT2D eigenvalue weighted by Gasteiger charge is -2.01. The minimum Gasteiger partial charge on any atom is -0.481 e. The Morgan fingerprint density at radius 1 is 1.50 bits per heavy atom. The molecule has 5 nitrogen and oxygen atoms in total.